The molecule has 6 atom stereocenters. The summed E-state index contributed by atoms with van der Waals surface area (Å²) in [6.07, 6.45) is 45.2. The molecule has 1 fully saturated rings. The first-order valence-electron chi connectivity index (χ1n) is 23.0. The fraction of sp³-hybridized carbons (Fsp3) is 0.735. The van der Waals surface area contributed by atoms with Gasteiger partial charge in [-0.25, -0.2) is 0 Å². The highest BCUT2D eigenvalue weighted by Gasteiger charge is 2.44. The van der Waals surface area contributed by atoms with Crippen molar-refractivity contribution in [3.63, 3.8) is 0 Å². The second-order valence-electron chi connectivity index (χ2n) is 15.5. The average molecular weight is 817 g/mol. The third-order valence-electron chi connectivity index (χ3n) is 10.1. The Morgan fingerprint density at radius 1 is 0.569 bits per heavy atom. The molecule has 1 heterocycles. The van der Waals surface area contributed by atoms with Crippen LogP contribution in [0.2, 0.25) is 0 Å². The van der Waals surface area contributed by atoms with Crippen LogP contribution in [0.25, 0.3) is 0 Å². The van der Waals surface area contributed by atoms with Crippen molar-refractivity contribution < 1.29 is 44.2 Å². The number of aliphatic hydroxyl groups is 4. The largest absolute Gasteiger partial charge is 0.457 e. The Morgan fingerprint density at radius 3 is 1.59 bits per heavy atom. The molecule has 9 nitrogen and oxygen atoms in total. The molecule has 4 N–H and O–H groups in total. The van der Waals surface area contributed by atoms with E-state index in [-0.39, 0.29) is 19.2 Å². The number of esters is 1. The van der Waals surface area contributed by atoms with E-state index in [4.69, 9.17) is 18.9 Å². The predicted octanol–water partition coefficient (Wildman–Crippen LogP) is 10.5. The smallest absolute Gasteiger partial charge is 0.306 e. The van der Waals surface area contributed by atoms with Gasteiger partial charge in [-0.3, -0.25) is 4.79 Å². The van der Waals surface area contributed by atoms with Crippen molar-refractivity contribution in [3.05, 3.63) is 72.9 Å². The van der Waals surface area contributed by atoms with Gasteiger partial charge in [-0.1, -0.05) is 164 Å². The van der Waals surface area contributed by atoms with Crippen molar-refractivity contribution in [2.24, 2.45) is 0 Å². The van der Waals surface area contributed by atoms with Crippen LogP contribution in [0.5, 0.6) is 0 Å². The van der Waals surface area contributed by atoms with Crippen LogP contribution < -0.4 is 0 Å². The first-order valence-corrected chi connectivity index (χ1v) is 23.0. The molecule has 6 unspecified atom stereocenters. The maximum absolute atomic E-state index is 12.8. The van der Waals surface area contributed by atoms with Crippen molar-refractivity contribution in [2.75, 3.05) is 26.4 Å². The van der Waals surface area contributed by atoms with Crippen LogP contribution in [0.3, 0.4) is 0 Å². The van der Waals surface area contributed by atoms with E-state index in [9.17, 15) is 25.2 Å². The summed E-state index contributed by atoms with van der Waals surface area (Å²) < 4.78 is 22.7. The Bertz CT molecular complexity index is 1110. The number of carbonyl (C=O) groups excluding carboxylic acids is 1. The van der Waals surface area contributed by atoms with E-state index in [0.717, 1.165) is 51.4 Å². The van der Waals surface area contributed by atoms with Crippen LogP contribution in [-0.2, 0) is 23.7 Å². The Kier molecular flexibility index (Phi) is 37.1. The van der Waals surface area contributed by atoms with E-state index in [1.54, 1.807) is 0 Å². The molecule has 0 radical (unpaired) electrons. The predicted molar refractivity (Wildman–Crippen MR) is 237 cm³/mol. The van der Waals surface area contributed by atoms with Crippen LogP contribution in [-0.4, -0.2) is 89.6 Å². The summed E-state index contributed by atoms with van der Waals surface area (Å²) in [6, 6.07) is 0. The summed E-state index contributed by atoms with van der Waals surface area (Å²) >= 11 is 0. The summed E-state index contributed by atoms with van der Waals surface area (Å²) in [5, 5.41) is 40.1. The zero-order valence-corrected chi connectivity index (χ0v) is 36.5. The summed E-state index contributed by atoms with van der Waals surface area (Å²) in [4.78, 5) is 12.8. The maximum Gasteiger partial charge on any atom is 0.306 e. The summed E-state index contributed by atoms with van der Waals surface area (Å²) in [5.74, 6) is -0.343. The number of allylic oxidation sites excluding steroid dienone is 11. The summed E-state index contributed by atoms with van der Waals surface area (Å²) in [5.41, 5.74) is 0. The monoisotopic (exact) mass is 817 g/mol. The molecule has 334 valence electrons. The minimum absolute atomic E-state index is 0.0867. The summed E-state index contributed by atoms with van der Waals surface area (Å²) in [7, 11) is 0. The van der Waals surface area contributed by atoms with Crippen molar-refractivity contribution in [2.45, 2.75) is 205 Å². The van der Waals surface area contributed by atoms with Gasteiger partial charge in [0.05, 0.1) is 26.4 Å². The molecule has 1 aliphatic heterocycles. The number of rotatable bonds is 38. The van der Waals surface area contributed by atoms with E-state index in [1.165, 1.54) is 89.9 Å². The Hall–Kier alpha value is -2.37. The van der Waals surface area contributed by atoms with Crippen LogP contribution in [0.1, 0.15) is 168 Å². The van der Waals surface area contributed by atoms with Gasteiger partial charge in [0.25, 0.3) is 0 Å². The lowest BCUT2D eigenvalue weighted by molar-refractivity contribution is -0.305. The van der Waals surface area contributed by atoms with Crippen LogP contribution >= 0.6 is 0 Å². The van der Waals surface area contributed by atoms with Crippen LogP contribution in [0.4, 0.5) is 0 Å². The molecular formula is C49H84O9. The Balaban J connectivity index is 2.31. The molecule has 0 aromatic carbocycles. The van der Waals surface area contributed by atoms with Crippen molar-refractivity contribution in [1.29, 1.82) is 0 Å². The molecule has 0 aromatic heterocycles. The van der Waals surface area contributed by atoms with Gasteiger partial charge in [-0.05, 0) is 70.6 Å². The van der Waals surface area contributed by atoms with Crippen molar-refractivity contribution in [3.8, 4) is 0 Å². The quantitative estimate of drug-likeness (QED) is 0.0273. The van der Waals surface area contributed by atoms with Gasteiger partial charge in [0.15, 0.2) is 6.29 Å². The molecule has 0 saturated carbocycles. The fourth-order valence-corrected chi connectivity index (χ4v) is 6.55. The molecule has 0 spiro atoms. The molecule has 58 heavy (non-hydrogen) atoms. The molecule has 1 rings (SSSR count). The Morgan fingerprint density at radius 2 is 1.05 bits per heavy atom. The van der Waals surface area contributed by atoms with Crippen molar-refractivity contribution >= 4 is 5.97 Å². The number of ether oxygens (including phenoxy) is 4. The highest BCUT2D eigenvalue weighted by molar-refractivity contribution is 5.69. The minimum atomic E-state index is -1.55. The molecule has 0 aromatic rings. The fourth-order valence-electron chi connectivity index (χ4n) is 6.55. The van der Waals surface area contributed by atoms with Gasteiger partial charge in [0, 0.05) is 6.42 Å². The third-order valence-corrected chi connectivity index (χ3v) is 10.1. The third kappa shape index (κ3) is 30.6. The normalized spacial score (nSPS) is 21.0. The maximum atomic E-state index is 12.8. The number of carbonyl (C=O) groups is 1. The standard InChI is InChI=1S/C49H84O9/c1-3-5-7-9-11-13-15-17-19-21-22-23-24-26-28-30-32-34-36-38-45(51)57-43(42-56-49-48(54)47(53)46(52)44(40-50)58-49)41-55-39-37-35-33-31-29-27-25-20-18-16-14-12-10-8-6-4-2/h6,8,12,14,17-20,27,29,33,35,43-44,46-50,52-54H,3-5,7,9-11,13,15-16,21-26,28,30-32,34,36-42H2,1-2H3/b8-6-,14-12-,19-17-,20-18-,29-27-,35-33-. The van der Waals surface area contributed by atoms with Gasteiger partial charge in [-0.2, -0.15) is 0 Å². The lowest BCUT2D eigenvalue weighted by Crippen LogP contribution is -2.59. The molecular weight excluding hydrogens is 733 g/mol. The van der Waals surface area contributed by atoms with Gasteiger partial charge >= 0.3 is 5.97 Å². The molecule has 1 saturated heterocycles. The molecule has 1 aliphatic rings. The Labute approximate surface area is 353 Å². The SMILES string of the molecule is CC/C=C\C/C=C\C/C=C\C/C=C\C/C=C\CCOCC(COC1OC(CO)C(O)C(O)C1O)OC(=O)CCCCCCCCCCC/C=C\CCCCCCCC. The zero-order chi connectivity index (χ0) is 42.2. The lowest BCUT2D eigenvalue weighted by Gasteiger charge is -2.39. The molecule has 9 heteroatoms. The van der Waals surface area contributed by atoms with Gasteiger partial charge in [-0.15, -0.1) is 0 Å². The minimum Gasteiger partial charge on any atom is -0.457 e. The zero-order valence-electron chi connectivity index (χ0n) is 36.5. The van der Waals surface area contributed by atoms with E-state index in [1.807, 2.05) is 0 Å². The highest BCUT2D eigenvalue weighted by atomic mass is 16.7. The number of hydrogen-bond acceptors (Lipinski definition) is 9. The van der Waals surface area contributed by atoms with E-state index < -0.39 is 43.4 Å². The van der Waals surface area contributed by atoms with Crippen LogP contribution in [0, 0.1) is 0 Å². The number of hydrogen-bond donors (Lipinski definition) is 4. The van der Waals surface area contributed by atoms with Gasteiger partial charge < -0.3 is 39.4 Å². The molecule has 0 aliphatic carbocycles. The topological polar surface area (TPSA) is 135 Å². The first-order chi connectivity index (χ1) is 28.4. The second-order valence-corrected chi connectivity index (χ2v) is 15.5. The molecule has 0 amide bonds. The van der Waals surface area contributed by atoms with E-state index >= 15 is 0 Å². The van der Waals surface area contributed by atoms with Crippen molar-refractivity contribution in [1.82, 2.24) is 0 Å². The van der Waals surface area contributed by atoms with E-state index in [2.05, 4.69) is 86.8 Å². The van der Waals surface area contributed by atoms with Crippen LogP contribution in [0.15, 0.2) is 72.9 Å². The highest BCUT2D eigenvalue weighted by Crippen LogP contribution is 2.22. The van der Waals surface area contributed by atoms with Gasteiger partial charge in [0.2, 0.25) is 0 Å². The van der Waals surface area contributed by atoms with Gasteiger partial charge in [0.1, 0.15) is 30.5 Å². The molecule has 0 bridgehead atoms. The lowest BCUT2D eigenvalue weighted by atomic mass is 9.99. The summed E-state index contributed by atoms with van der Waals surface area (Å²) in [6.45, 7) is 4.21. The second kappa shape index (κ2) is 40.1. The number of aliphatic hydroxyl groups excluding tert-OH is 4. The first kappa shape index (κ1) is 53.6. The number of unbranched alkanes of at least 4 members (excludes halogenated alkanes) is 15. The average Bonchev–Trinajstić information content (AvgIpc) is 3.22. The van der Waals surface area contributed by atoms with E-state index in [0.29, 0.717) is 19.4 Å².